The van der Waals surface area contributed by atoms with Crippen LogP contribution < -0.4 is 14.8 Å². The first-order valence-corrected chi connectivity index (χ1v) is 10.0. The first-order chi connectivity index (χ1) is 14.7. The number of hydrogen-bond donors (Lipinski definition) is 1. The summed E-state index contributed by atoms with van der Waals surface area (Å²) in [5, 5.41) is 5.36. The molecule has 0 atom stereocenters. The zero-order chi connectivity index (χ0) is 20.9. The van der Waals surface area contributed by atoms with E-state index in [4.69, 9.17) is 15.9 Å². The van der Waals surface area contributed by atoms with Crippen LogP contribution in [-0.4, -0.2) is 24.8 Å². The highest BCUT2D eigenvalue weighted by molar-refractivity contribution is 8.18. The van der Waals surface area contributed by atoms with Gasteiger partial charge in [-0.15, -0.1) is 6.42 Å². The standard InChI is InChI=1S/C24H18N2O3S/c1-3-14-29-21-13-8-16-6-4-5-7-19(16)20(21)15-22-23(27)26-24(30-22)25-17-9-11-18(28-2)12-10-17/h1,4-13,15H,14H2,2H3,(H,25,26,27)/b22-15-. The van der Waals surface area contributed by atoms with E-state index < -0.39 is 0 Å². The van der Waals surface area contributed by atoms with Crippen molar-refractivity contribution in [3.05, 3.63) is 71.1 Å². The Bertz CT molecular complexity index is 1210. The first kappa shape index (κ1) is 19.6. The summed E-state index contributed by atoms with van der Waals surface area (Å²) in [5.74, 6) is 3.66. The SMILES string of the molecule is C#CCOc1ccc2ccccc2c1/C=C1\SC(=Nc2ccc(OC)cc2)NC1=O. The van der Waals surface area contributed by atoms with E-state index in [1.54, 1.807) is 7.11 Å². The lowest BCUT2D eigenvalue weighted by Gasteiger charge is -2.10. The fraction of sp³-hybridized carbons (Fsp3) is 0.0833. The van der Waals surface area contributed by atoms with Crippen molar-refractivity contribution in [1.82, 2.24) is 5.32 Å². The van der Waals surface area contributed by atoms with Crippen molar-refractivity contribution < 1.29 is 14.3 Å². The molecule has 0 aliphatic carbocycles. The Morgan fingerprint density at radius 2 is 1.93 bits per heavy atom. The quantitative estimate of drug-likeness (QED) is 0.483. The maximum atomic E-state index is 12.6. The van der Waals surface area contributed by atoms with Gasteiger partial charge in [0.15, 0.2) is 5.17 Å². The molecule has 0 spiro atoms. The molecule has 1 heterocycles. The fourth-order valence-electron chi connectivity index (χ4n) is 3.06. The number of aliphatic imine (C=N–C) groups is 1. The second-order valence-corrected chi connectivity index (χ2v) is 7.40. The van der Waals surface area contributed by atoms with Gasteiger partial charge in [0.1, 0.15) is 18.1 Å². The summed E-state index contributed by atoms with van der Waals surface area (Å²) < 4.78 is 10.9. The summed E-state index contributed by atoms with van der Waals surface area (Å²) in [7, 11) is 1.61. The van der Waals surface area contributed by atoms with Gasteiger partial charge in [0.25, 0.3) is 5.91 Å². The van der Waals surface area contributed by atoms with E-state index in [-0.39, 0.29) is 12.5 Å². The molecule has 3 aromatic carbocycles. The largest absolute Gasteiger partial charge is 0.497 e. The number of terminal acetylenes is 1. The van der Waals surface area contributed by atoms with Crippen molar-refractivity contribution in [2.24, 2.45) is 4.99 Å². The molecule has 4 rings (SSSR count). The molecule has 5 nitrogen and oxygen atoms in total. The normalized spacial score (nSPS) is 15.9. The Labute approximate surface area is 178 Å². The van der Waals surface area contributed by atoms with Crippen LogP contribution in [0.3, 0.4) is 0 Å². The Morgan fingerprint density at radius 3 is 2.70 bits per heavy atom. The third-order valence-electron chi connectivity index (χ3n) is 4.47. The van der Waals surface area contributed by atoms with Gasteiger partial charge in [0, 0.05) is 5.56 Å². The molecule has 0 unspecified atom stereocenters. The first-order valence-electron chi connectivity index (χ1n) is 9.19. The predicted molar refractivity (Wildman–Crippen MR) is 122 cm³/mol. The van der Waals surface area contributed by atoms with Crippen molar-refractivity contribution in [3.8, 4) is 23.8 Å². The second kappa shape index (κ2) is 8.76. The van der Waals surface area contributed by atoms with Crippen molar-refractivity contribution in [3.63, 3.8) is 0 Å². The lowest BCUT2D eigenvalue weighted by molar-refractivity contribution is -0.115. The van der Waals surface area contributed by atoms with Crippen LogP contribution >= 0.6 is 11.8 Å². The molecule has 148 valence electrons. The number of benzene rings is 3. The number of amides is 1. The van der Waals surface area contributed by atoms with E-state index in [1.165, 1.54) is 11.8 Å². The molecule has 0 radical (unpaired) electrons. The summed E-state index contributed by atoms with van der Waals surface area (Å²) in [4.78, 5) is 17.6. The van der Waals surface area contributed by atoms with Gasteiger partial charge in [-0.3, -0.25) is 4.79 Å². The highest BCUT2D eigenvalue weighted by atomic mass is 32.2. The molecule has 1 N–H and O–H groups in total. The molecular formula is C24H18N2O3S. The van der Waals surface area contributed by atoms with Crippen LogP contribution in [0.1, 0.15) is 5.56 Å². The van der Waals surface area contributed by atoms with E-state index in [2.05, 4.69) is 16.2 Å². The van der Waals surface area contributed by atoms with Crippen molar-refractivity contribution in [2.45, 2.75) is 0 Å². The number of nitrogens with zero attached hydrogens (tertiary/aromatic N) is 1. The number of methoxy groups -OCH3 is 1. The number of ether oxygens (including phenoxy) is 2. The van der Waals surface area contributed by atoms with Crippen LogP contribution in [0.25, 0.3) is 16.8 Å². The van der Waals surface area contributed by atoms with E-state index in [9.17, 15) is 4.79 Å². The molecule has 1 saturated heterocycles. The number of carbonyl (C=O) groups excluding carboxylic acids is 1. The highest BCUT2D eigenvalue weighted by Gasteiger charge is 2.24. The van der Waals surface area contributed by atoms with Gasteiger partial charge in [-0.25, -0.2) is 4.99 Å². The number of carbonyl (C=O) groups is 1. The number of amidine groups is 1. The summed E-state index contributed by atoms with van der Waals surface area (Å²) in [5.41, 5.74) is 1.54. The smallest absolute Gasteiger partial charge is 0.264 e. The van der Waals surface area contributed by atoms with Gasteiger partial charge in [0.2, 0.25) is 0 Å². The zero-order valence-electron chi connectivity index (χ0n) is 16.2. The molecular weight excluding hydrogens is 396 g/mol. The molecule has 0 bridgehead atoms. The van der Waals surface area contributed by atoms with Crippen LogP contribution in [0, 0.1) is 12.3 Å². The molecule has 1 amide bonds. The number of hydrogen-bond acceptors (Lipinski definition) is 5. The van der Waals surface area contributed by atoms with Crippen LogP contribution in [0.2, 0.25) is 0 Å². The van der Waals surface area contributed by atoms with E-state index in [1.807, 2.05) is 66.7 Å². The van der Waals surface area contributed by atoms with Gasteiger partial charge in [-0.2, -0.15) is 0 Å². The van der Waals surface area contributed by atoms with Gasteiger partial charge in [0.05, 0.1) is 17.7 Å². The van der Waals surface area contributed by atoms with Crippen LogP contribution in [0.5, 0.6) is 11.5 Å². The number of nitrogens with one attached hydrogen (secondary N) is 1. The van der Waals surface area contributed by atoms with Crippen molar-refractivity contribution in [2.75, 3.05) is 13.7 Å². The van der Waals surface area contributed by atoms with Crippen molar-refractivity contribution in [1.29, 1.82) is 0 Å². The topological polar surface area (TPSA) is 59.9 Å². The average molecular weight is 414 g/mol. The van der Waals surface area contributed by atoms with E-state index in [0.717, 1.165) is 27.8 Å². The van der Waals surface area contributed by atoms with Gasteiger partial charge in [-0.1, -0.05) is 36.3 Å². The summed E-state index contributed by atoms with van der Waals surface area (Å²) in [6, 6.07) is 19.1. The molecule has 6 heteroatoms. The maximum absolute atomic E-state index is 12.6. The molecule has 0 aromatic heterocycles. The molecule has 1 aliphatic rings. The molecule has 1 fully saturated rings. The molecule has 1 aliphatic heterocycles. The minimum atomic E-state index is -0.205. The number of fused-ring (bicyclic) bond motifs is 1. The number of thioether (sulfide) groups is 1. The van der Waals surface area contributed by atoms with Crippen LogP contribution in [0.4, 0.5) is 5.69 Å². The Balaban J connectivity index is 1.69. The Hall–Kier alpha value is -3.69. The predicted octanol–water partition coefficient (Wildman–Crippen LogP) is 4.75. The van der Waals surface area contributed by atoms with Crippen LogP contribution in [-0.2, 0) is 4.79 Å². The third-order valence-corrected chi connectivity index (χ3v) is 5.38. The molecule has 30 heavy (non-hydrogen) atoms. The van der Waals surface area contributed by atoms with Gasteiger partial charge >= 0.3 is 0 Å². The minimum absolute atomic E-state index is 0.151. The third kappa shape index (κ3) is 4.17. The van der Waals surface area contributed by atoms with Crippen molar-refractivity contribution >= 4 is 45.4 Å². The van der Waals surface area contributed by atoms with Gasteiger partial charge < -0.3 is 14.8 Å². The fourth-order valence-corrected chi connectivity index (χ4v) is 3.88. The summed E-state index contributed by atoms with van der Waals surface area (Å²) in [6.07, 6.45) is 7.18. The zero-order valence-corrected chi connectivity index (χ0v) is 17.0. The molecule has 0 saturated carbocycles. The Morgan fingerprint density at radius 1 is 1.13 bits per heavy atom. The number of rotatable bonds is 5. The van der Waals surface area contributed by atoms with E-state index >= 15 is 0 Å². The monoisotopic (exact) mass is 414 g/mol. The highest BCUT2D eigenvalue weighted by Crippen LogP contribution is 2.34. The average Bonchev–Trinajstić information content (AvgIpc) is 3.12. The minimum Gasteiger partial charge on any atom is -0.497 e. The lowest BCUT2D eigenvalue weighted by Crippen LogP contribution is -2.19. The molecule has 3 aromatic rings. The summed E-state index contributed by atoms with van der Waals surface area (Å²) in [6.45, 7) is 0.151. The second-order valence-electron chi connectivity index (χ2n) is 6.37. The Kier molecular flexibility index (Phi) is 5.73. The van der Waals surface area contributed by atoms with E-state index in [0.29, 0.717) is 15.8 Å². The lowest BCUT2D eigenvalue weighted by atomic mass is 10.0. The van der Waals surface area contributed by atoms with Crippen LogP contribution in [0.15, 0.2) is 70.6 Å². The van der Waals surface area contributed by atoms with Gasteiger partial charge in [-0.05, 0) is 58.9 Å². The maximum Gasteiger partial charge on any atom is 0.264 e. The summed E-state index contributed by atoms with van der Waals surface area (Å²) >= 11 is 1.28.